The Morgan fingerprint density at radius 1 is 0.220 bits per heavy atom. The van der Waals surface area contributed by atoms with Crippen LogP contribution in [0.3, 0.4) is 0 Å². The summed E-state index contributed by atoms with van der Waals surface area (Å²) < 4.78 is 1.61. The Morgan fingerprint density at radius 2 is 0.413 bits per heavy atom. The van der Waals surface area contributed by atoms with Gasteiger partial charge in [-0.25, -0.2) is 4.70 Å². The van der Waals surface area contributed by atoms with Crippen LogP contribution in [0.5, 0.6) is 0 Å². The molecule has 0 fully saturated rings. The molecule has 2 aromatic carbocycles. The molecule has 0 atom stereocenters. The van der Waals surface area contributed by atoms with Crippen molar-refractivity contribution in [1.29, 1.82) is 0 Å². The molecule has 0 spiro atoms. The van der Waals surface area contributed by atoms with Crippen LogP contribution in [-0.4, -0.2) is 4.70 Å². The van der Waals surface area contributed by atoms with Crippen LogP contribution in [0.1, 0.15) is 552 Å². The number of hydrogen-bond donors (Lipinski definition) is 0. The summed E-state index contributed by atoms with van der Waals surface area (Å²) in [6, 6.07) is 17.6. The topological polar surface area (TPSA) is 25.3 Å². The van der Waals surface area contributed by atoms with Gasteiger partial charge in [0.15, 0.2) is 0 Å². The van der Waals surface area contributed by atoms with Crippen molar-refractivity contribution in [3.8, 4) is 23.7 Å². The molecule has 0 radical (unpaired) electrons. The molecule has 1 aliphatic rings. The van der Waals surface area contributed by atoms with Gasteiger partial charge < -0.3 is 5.53 Å². The second-order valence-electron chi connectivity index (χ2n) is 34.1. The number of nitrogens with zero attached hydrogens (tertiary/aromatic N) is 2. The van der Waals surface area contributed by atoms with E-state index in [1.807, 2.05) is 0 Å². The van der Waals surface area contributed by atoms with Crippen LogP contribution >= 0.6 is 0 Å². The standard InChI is InChI=1S/C54H80N2.2C26H53.Ni/c1-5-9-13-17-19-21-23-25-27-29-31-39-47-41-35-37-43-49(47)53-51(45-33-15-11-7-3)52(46-34-16-12-8-4)54(56(53)55)50-44-38-36-42-48(50)40-32-30-28-26-24-22-20-18-14-10-6-2;2*1-3-5-7-9-11-13-15-17-19-21-23-25-26-24-22-20-18-16-14-12-10-8-6-4-2;/h35-38,41-44H,5-26,31-34,39-40,45-46H2,1-4H3;2*1,3-26H2,2H3;. The van der Waals surface area contributed by atoms with E-state index in [4.69, 9.17) is 0 Å². The van der Waals surface area contributed by atoms with Crippen LogP contribution in [0.4, 0.5) is 0 Å². The van der Waals surface area contributed by atoms with Gasteiger partial charge in [-0.2, -0.15) is 0 Å². The fraction of sp³-hybridized carbons (Fsp3) is 0.811. The average molecular weight is 1550 g/mol. The Kier molecular flexibility index (Phi) is 77.9. The minimum absolute atomic E-state index is 0.852. The molecule has 1 heterocycles. The van der Waals surface area contributed by atoms with E-state index in [2.05, 4.69) is 128 Å². The summed E-state index contributed by atoms with van der Waals surface area (Å²) in [7, 11) is 0. The summed E-state index contributed by atoms with van der Waals surface area (Å²) in [5, 5.41) is 2.87. The van der Waals surface area contributed by atoms with E-state index in [0.29, 0.717) is 0 Å². The Bertz CT molecular complexity index is 2300. The molecule has 1 aliphatic heterocycles. The van der Waals surface area contributed by atoms with E-state index >= 15 is 0 Å². The first-order valence-electron chi connectivity index (χ1n) is 49.6. The smallest absolute Gasteiger partial charge is 0.0654 e. The van der Waals surface area contributed by atoms with Gasteiger partial charge in [-0.05, 0) is 74.6 Å². The molecule has 0 aliphatic carbocycles. The first-order chi connectivity index (χ1) is 54.1. The van der Waals surface area contributed by atoms with Crippen LogP contribution in [0.25, 0.3) is 16.9 Å². The maximum absolute atomic E-state index is 12.5. The summed E-state index contributed by atoms with van der Waals surface area (Å²) >= 11 is 2.05. The van der Waals surface area contributed by atoms with Crippen LogP contribution in [0.2, 0.25) is 10.8 Å². The van der Waals surface area contributed by atoms with Crippen molar-refractivity contribution in [2.75, 3.05) is 0 Å². The van der Waals surface area contributed by atoms with Crippen LogP contribution in [0.15, 0.2) is 59.7 Å². The Labute approximate surface area is 690 Å². The maximum atomic E-state index is 12.5. The third-order valence-corrected chi connectivity index (χ3v) is 25.1. The Hall–Kier alpha value is -2.87. The average Bonchev–Trinajstić information content (AvgIpc) is 1.60. The van der Waals surface area contributed by atoms with Crippen LogP contribution in [-0.2, 0) is 27.3 Å². The summed E-state index contributed by atoms with van der Waals surface area (Å²) in [5.74, 6) is 14.0. The molecular formula is C106H186N2Ni. The van der Waals surface area contributed by atoms with Crippen molar-refractivity contribution < 1.29 is 19.1 Å². The van der Waals surface area contributed by atoms with Crippen LogP contribution in [0, 0.1) is 23.7 Å². The van der Waals surface area contributed by atoms with Gasteiger partial charge in [0.25, 0.3) is 0 Å². The van der Waals surface area contributed by atoms with E-state index in [-0.39, 0.29) is 0 Å². The van der Waals surface area contributed by atoms with Gasteiger partial charge in [0, 0.05) is 48.0 Å². The van der Waals surface area contributed by atoms with E-state index in [9.17, 15) is 5.53 Å². The molecule has 0 bridgehead atoms. The predicted molar refractivity (Wildman–Crippen MR) is 488 cm³/mol. The number of hydrogen-bond acceptors (Lipinski definition) is 0. The third-order valence-electron chi connectivity index (χ3n) is 23.7. The van der Waals surface area contributed by atoms with Gasteiger partial charge in [0.1, 0.15) is 0 Å². The van der Waals surface area contributed by atoms with Crippen molar-refractivity contribution >= 4 is 11.4 Å². The minimum atomic E-state index is 0.852. The molecule has 0 N–H and O–H groups in total. The summed E-state index contributed by atoms with van der Waals surface area (Å²) in [5.41, 5.74) is 22.2. The number of rotatable bonds is 80. The molecule has 2 nitrogen and oxygen atoms in total. The molecule has 630 valence electrons. The van der Waals surface area contributed by atoms with E-state index in [1.165, 1.54) is 481 Å². The molecule has 0 aromatic heterocycles. The molecule has 0 amide bonds. The minimum Gasteiger partial charge on any atom is -0.0654 e. The zero-order valence-corrected chi connectivity index (χ0v) is 75.4. The quantitative estimate of drug-likeness (QED) is 0.0273. The molecule has 3 rings (SSSR count). The van der Waals surface area contributed by atoms with Gasteiger partial charge in [-0.3, -0.25) is 0 Å². The second kappa shape index (κ2) is 83.1. The molecule has 0 saturated carbocycles. The van der Waals surface area contributed by atoms with Gasteiger partial charge >= 0.3 is 166 Å². The van der Waals surface area contributed by atoms with Crippen molar-refractivity contribution in [3.63, 3.8) is 0 Å². The van der Waals surface area contributed by atoms with Gasteiger partial charge in [-0.1, -0.05) is 360 Å². The van der Waals surface area contributed by atoms with Gasteiger partial charge in [-0.15, -0.1) is 23.7 Å². The van der Waals surface area contributed by atoms with Crippen LogP contribution < -0.4 is 0 Å². The first kappa shape index (κ1) is 102. The molecule has 109 heavy (non-hydrogen) atoms. The number of unbranched alkanes of at least 4 members (excludes halogenated alkanes) is 66. The van der Waals surface area contributed by atoms with Crippen molar-refractivity contribution in [2.45, 2.75) is 553 Å². The number of aryl methyl sites for hydroxylation is 2. The normalized spacial score (nSPS) is 12.2. The summed E-state index contributed by atoms with van der Waals surface area (Å²) in [6.45, 7) is 13.8. The molecular weight excluding hydrogens is 1360 g/mol. The molecule has 2 aromatic rings. The van der Waals surface area contributed by atoms with Crippen molar-refractivity contribution in [1.82, 2.24) is 0 Å². The Balaban J connectivity index is 0.000000742. The monoisotopic (exact) mass is 1550 g/mol. The van der Waals surface area contributed by atoms with Gasteiger partial charge in [0.2, 0.25) is 11.4 Å². The van der Waals surface area contributed by atoms with E-state index in [1.54, 1.807) is 4.70 Å². The Morgan fingerprint density at radius 3 is 0.651 bits per heavy atom. The third kappa shape index (κ3) is 61.2. The van der Waals surface area contributed by atoms with Gasteiger partial charge in [0.05, 0.1) is 0 Å². The molecule has 3 heteroatoms. The predicted octanol–water partition coefficient (Wildman–Crippen LogP) is 37.6. The zero-order valence-electron chi connectivity index (χ0n) is 74.4. The van der Waals surface area contributed by atoms with E-state index in [0.717, 1.165) is 75.6 Å². The SMILES string of the molecule is CCCCCCCCCC#CCCc1ccccc1C1=C(CCCCCC)C(CCCCCC)=C(c2ccccc2CCC#CCCCCCCCCC)[N+]1=[N-].CCCCCCCCCCCCCCCCCCCCCCCCC[CH2][Ni][CH2]CCCCCCCCCCCCCCCCCCCCCCCCC. The van der Waals surface area contributed by atoms with Crippen molar-refractivity contribution in [2.24, 2.45) is 0 Å². The number of allylic oxidation sites excluding steroid dienone is 2. The molecule has 0 unspecified atom stereocenters. The summed E-state index contributed by atoms with van der Waals surface area (Å²) in [6.07, 6.45) is 107. The molecule has 0 saturated heterocycles. The van der Waals surface area contributed by atoms with Crippen molar-refractivity contribution in [3.05, 3.63) is 87.5 Å². The van der Waals surface area contributed by atoms with E-state index < -0.39 is 0 Å². The number of benzene rings is 2. The first-order valence-corrected chi connectivity index (χ1v) is 51.0. The fourth-order valence-electron chi connectivity index (χ4n) is 16.5. The second-order valence-corrected chi connectivity index (χ2v) is 35.6. The summed E-state index contributed by atoms with van der Waals surface area (Å²) in [4.78, 5) is 0. The zero-order chi connectivity index (χ0) is 78.0. The fourth-order valence-corrected chi connectivity index (χ4v) is 17.8.